The first-order valence-electron chi connectivity index (χ1n) is 5.96. The second kappa shape index (κ2) is 5.84. The number of piperazine rings is 1. The monoisotopic (exact) mass is 257 g/mol. The van der Waals surface area contributed by atoms with Gasteiger partial charge in [0.2, 0.25) is 0 Å². The summed E-state index contributed by atoms with van der Waals surface area (Å²) in [5, 5.41) is 0.908. The summed E-state index contributed by atoms with van der Waals surface area (Å²) >= 11 is 1.58. The van der Waals surface area contributed by atoms with Crippen LogP contribution in [0.4, 0.5) is 0 Å². The molecule has 0 radical (unpaired) electrons. The number of ether oxygens (including phenoxy) is 1. The Morgan fingerprint density at radius 2 is 2.12 bits per heavy atom. The van der Waals surface area contributed by atoms with Gasteiger partial charge in [-0.3, -0.25) is 9.69 Å². The predicted octanol–water partition coefficient (Wildman–Crippen LogP) is 0.268. The zero-order valence-corrected chi connectivity index (χ0v) is 11.2. The van der Waals surface area contributed by atoms with Crippen molar-refractivity contribution in [2.24, 2.45) is 4.99 Å². The van der Waals surface area contributed by atoms with Gasteiger partial charge >= 0.3 is 0 Å². The molecule has 0 aliphatic carbocycles. The van der Waals surface area contributed by atoms with E-state index in [1.165, 1.54) is 0 Å². The van der Waals surface area contributed by atoms with E-state index in [4.69, 9.17) is 4.74 Å². The van der Waals surface area contributed by atoms with E-state index in [2.05, 4.69) is 14.8 Å². The molecule has 1 fully saturated rings. The molecule has 2 rings (SSSR count). The van der Waals surface area contributed by atoms with Crippen LogP contribution in [0, 0.1) is 0 Å². The minimum absolute atomic E-state index is 0.00322. The fourth-order valence-corrected chi connectivity index (χ4v) is 2.89. The van der Waals surface area contributed by atoms with Crippen LogP contribution in [0.1, 0.15) is 6.92 Å². The van der Waals surface area contributed by atoms with Crippen LogP contribution >= 0.6 is 11.8 Å². The molecule has 0 bridgehead atoms. The highest BCUT2D eigenvalue weighted by molar-refractivity contribution is 8.15. The van der Waals surface area contributed by atoms with Crippen LogP contribution in [0.2, 0.25) is 0 Å². The zero-order valence-electron chi connectivity index (χ0n) is 10.4. The van der Waals surface area contributed by atoms with Gasteiger partial charge in [-0.05, 0) is 6.92 Å². The van der Waals surface area contributed by atoms with Crippen molar-refractivity contribution in [2.45, 2.75) is 12.2 Å². The van der Waals surface area contributed by atoms with Crippen LogP contribution in [0.5, 0.6) is 0 Å². The standard InChI is InChI=1S/C11H19N3O2S/c1-9-10(15)12-11(17-9)14-5-3-13(4-6-14)7-8-16-2/h9H,3-8H2,1-2H3. The van der Waals surface area contributed by atoms with Gasteiger partial charge in [-0.1, -0.05) is 11.8 Å². The van der Waals surface area contributed by atoms with Gasteiger partial charge in [0, 0.05) is 39.8 Å². The molecule has 1 unspecified atom stereocenters. The fraction of sp³-hybridized carbons (Fsp3) is 0.818. The summed E-state index contributed by atoms with van der Waals surface area (Å²) in [5.74, 6) is 0.00631. The molecular weight excluding hydrogens is 238 g/mol. The average Bonchev–Trinajstić information content (AvgIpc) is 2.68. The Morgan fingerprint density at radius 1 is 1.41 bits per heavy atom. The third-order valence-electron chi connectivity index (χ3n) is 3.09. The van der Waals surface area contributed by atoms with E-state index < -0.39 is 0 Å². The molecule has 1 atom stereocenters. The first-order valence-corrected chi connectivity index (χ1v) is 6.84. The number of carbonyl (C=O) groups excluding carboxylic acids is 1. The van der Waals surface area contributed by atoms with Crippen LogP contribution < -0.4 is 0 Å². The number of carbonyl (C=O) groups is 1. The summed E-state index contributed by atoms with van der Waals surface area (Å²) in [4.78, 5) is 20.1. The van der Waals surface area contributed by atoms with Crippen molar-refractivity contribution in [3.63, 3.8) is 0 Å². The minimum Gasteiger partial charge on any atom is -0.383 e. The smallest absolute Gasteiger partial charge is 0.261 e. The lowest BCUT2D eigenvalue weighted by Crippen LogP contribution is -2.48. The van der Waals surface area contributed by atoms with Crippen molar-refractivity contribution in [2.75, 3.05) is 46.4 Å². The van der Waals surface area contributed by atoms with E-state index in [1.807, 2.05) is 6.92 Å². The largest absolute Gasteiger partial charge is 0.383 e. The van der Waals surface area contributed by atoms with Gasteiger partial charge < -0.3 is 9.64 Å². The van der Waals surface area contributed by atoms with Gasteiger partial charge in [0.05, 0.1) is 11.9 Å². The van der Waals surface area contributed by atoms with E-state index in [1.54, 1.807) is 18.9 Å². The van der Waals surface area contributed by atoms with E-state index in [0.717, 1.165) is 44.5 Å². The van der Waals surface area contributed by atoms with Crippen molar-refractivity contribution in [1.29, 1.82) is 0 Å². The fourth-order valence-electron chi connectivity index (χ4n) is 1.95. The van der Waals surface area contributed by atoms with Gasteiger partial charge in [-0.15, -0.1) is 0 Å². The Bertz CT molecular complexity index is 314. The molecule has 2 heterocycles. The van der Waals surface area contributed by atoms with Crippen LogP contribution in [-0.2, 0) is 9.53 Å². The summed E-state index contributed by atoms with van der Waals surface area (Å²) in [6.45, 7) is 7.63. The van der Waals surface area contributed by atoms with E-state index in [9.17, 15) is 4.79 Å². The van der Waals surface area contributed by atoms with Gasteiger partial charge in [-0.2, -0.15) is 4.99 Å². The second-order valence-corrected chi connectivity index (χ2v) is 5.62. The number of thioether (sulfide) groups is 1. The minimum atomic E-state index is -0.00322. The molecule has 0 spiro atoms. The normalized spacial score (nSPS) is 26.5. The lowest BCUT2D eigenvalue weighted by molar-refractivity contribution is -0.116. The highest BCUT2D eigenvalue weighted by Crippen LogP contribution is 2.24. The summed E-state index contributed by atoms with van der Waals surface area (Å²) in [6, 6.07) is 0. The summed E-state index contributed by atoms with van der Waals surface area (Å²) in [5.41, 5.74) is 0. The number of amidine groups is 1. The molecule has 96 valence electrons. The third kappa shape index (κ3) is 3.20. The van der Waals surface area contributed by atoms with Crippen LogP contribution in [0.25, 0.3) is 0 Å². The third-order valence-corrected chi connectivity index (χ3v) is 4.21. The van der Waals surface area contributed by atoms with Crippen molar-refractivity contribution in [1.82, 2.24) is 9.80 Å². The summed E-state index contributed by atoms with van der Waals surface area (Å²) < 4.78 is 5.07. The number of aliphatic imine (C=N–C) groups is 1. The van der Waals surface area contributed by atoms with Gasteiger partial charge in [0.25, 0.3) is 5.91 Å². The second-order valence-electron chi connectivity index (χ2n) is 4.31. The Kier molecular flexibility index (Phi) is 4.42. The molecule has 0 aromatic rings. The molecule has 17 heavy (non-hydrogen) atoms. The van der Waals surface area contributed by atoms with E-state index in [0.29, 0.717) is 0 Å². The van der Waals surface area contributed by atoms with Crippen molar-refractivity contribution in [3.8, 4) is 0 Å². The molecule has 1 amide bonds. The summed E-state index contributed by atoms with van der Waals surface area (Å²) in [6.07, 6.45) is 0. The number of rotatable bonds is 3. The van der Waals surface area contributed by atoms with Crippen molar-refractivity contribution < 1.29 is 9.53 Å². The SMILES string of the molecule is COCCN1CCN(C2=NC(=O)C(C)S2)CC1. The van der Waals surface area contributed by atoms with Crippen LogP contribution in [0.15, 0.2) is 4.99 Å². The molecule has 0 saturated carbocycles. The zero-order chi connectivity index (χ0) is 12.3. The van der Waals surface area contributed by atoms with Crippen molar-refractivity contribution in [3.05, 3.63) is 0 Å². The van der Waals surface area contributed by atoms with E-state index >= 15 is 0 Å². The Morgan fingerprint density at radius 3 is 2.65 bits per heavy atom. The maximum absolute atomic E-state index is 11.4. The Balaban J connectivity index is 1.79. The maximum Gasteiger partial charge on any atom is 0.261 e. The summed E-state index contributed by atoms with van der Waals surface area (Å²) in [7, 11) is 1.73. The molecule has 0 aromatic heterocycles. The first-order chi connectivity index (χ1) is 8.20. The number of amides is 1. The molecule has 1 saturated heterocycles. The van der Waals surface area contributed by atoms with Gasteiger partial charge in [0.1, 0.15) is 0 Å². The van der Waals surface area contributed by atoms with Gasteiger partial charge in [0.15, 0.2) is 5.17 Å². The molecule has 6 heteroatoms. The number of hydrogen-bond acceptors (Lipinski definition) is 5. The molecule has 2 aliphatic rings. The highest BCUT2D eigenvalue weighted by Gasteiger charge is 2.29. The number of methoxy groups -OCH3 is 1. The van der Waals surface area contributed by atoms with Crippen LogP contribution in [0.3, 0.4) is 0 Å². The Hall–Kier alpha value is -0.590. The molecule has 0 N–H and O–H groups in total. The van der Waals surface area contributed by atoms with Crippen molar-refractivity contribution >= 4 is 22.8 Å². The number of nitrogens with zero attached hydrogens (tertiary/aromatic N) is 3. The molecule has 0 aromatic carbocycles. The lowest BCUT2D eigenvalue weighted by Gasteiger charge is -2.35. The molecule has 5 nitrogen and oxygen atoms in total. The van der Waals surface area contributed by atoms with E-state index in [-0.39, 0.29) is 11.2 Å². The molecule has 2 aliphatic heterocycles. The average molecular weight is 257 g/mol. The topological polar surface area (TPSA) is 45.1 Å². The highest BCUT2D eigenvalue weighted by atomic mass is 32.2. The lowest BCUT2D eigenvalue weighted by atomic mass is 10.3. The molecular formula is C11H19N3O2S. The first kappa shape index (κ1) is 12.9. The maximum atomic E-state index is 11.4. The Labute approximate surface area is 106 Å². The van der Waals surface area contributed by atoms with Gasteiger partial charge in [-0.25, -0.2) is 0 Å². The van der Waals surface area contributed by atoms with Crippen LogP contribution in [-0.4, -0.2) is 72.6 Å². The quantitative estimate of drug-likeness (QED) is 0.726. The number of hydrogen-bond donors (Lipinski definition) is 0. The predicted molar refractivity (Wildman–Crippen MR) is 69.4 cm³/mol.